The predicted molar refractivity (Wildman–Crippen MR) is 91.1 cm³/mol. The van der Waals surface area contributed by atoms with Crippen molar-refractivity contribution in [2.75, 3.05) is 19.6 Å². The molecule has 0 aromatic carbocycles. The van der Waals surface area contributed by atoms with Crippen LogP contribution in [0.2, 0.25) is 0 Å². The molecule has 1 aliphatic heterocycles. The van der Waals surface area contributed by atoms with E-state index in [0.717, 1.165) is 35.8 Å². The molecule has 118 valence electrons. The molecule has 1 aliphatic rings. The first-order valence-electron chi connectivity index (χ1n) is 8.37. The number of nitrogens with zero attached hydrogens (tertiary/aromatic N) is 5. The molecule has 0 unspecified atom stereocenters. The first kappa shape index (κ1) is 14.3. The van der Waals surface area contributed by atoms with E-state index < -0.39 is 0 Å². The quantitative estimate of drug-likeness (QED) is 0.743. The third-order valence-electron chi connectivity index (χ3n) is 4.49. The molecular weight excluding hydrogens is 286 g/mol. The van der Waals surface area contributed by atoms with Crippen molar-refractivity contribution in [3.05, 3.63) is 42.7 Å². The first-order chi connectivity index (χ1) is 11.4. The van der Waals surface area contributed by atoms with Gasteiger partial charge in [0.1, 0.15) is 11.2 Å². The Labute approximate surface area is 136 Å². The minimum absolute atomic E-state index is 0.902. The van der Waals surface area contributed by atoms with Gasteiger partial charge in [-0.25, -0.2) is 9.97 Å². The van der Waals surface area contributed by atoms with Crippen LogP contribution in [-0.4, -0.2) is 44.1 Å². The number of piperidine rings is 1. The molecule has 4 heterocycles. The van der Waals surface area contributed by atoms with E-state index in [4.69, 9.17) is 4.98 Å². The molecule has 0 spiro atoms. The fourth-order valence-electron chi connectivity index (χ4n) is 3.29. The van der Waals surface area contributed by atoms with Gasteiger partial charge in [0.05, 0.1) is 0 Å². The summed E-state index contributed by atoms with van der Waals surface area (Å²) in [6.07, 6.45) is 7.65. The van der Waals surface area contributed by atoms with Crippen LogP contribution in [0.15, 0.2) is 42.7 Å². The van der Waals surface area contributed by atoms with Gasteiger partial charge in [0.25, 0.3) is 0 Å². The van der Waals surface area contributed by atoms with E-state index in [-0.39, 0.29) is 0 Å². The number of fused-ring (bicyclic) bond motifs is 1. The van der Waals surface area contributed by atoms with E-state index in [9.17, 15) is 0 Å². The van der Waals surface area contributed by atoms with Gasteiger partial charge in [0.15, 0.2) is 11.5 Å². The molecule has 5 heteroatoms. The molecule has 0 bridgehead atoms. The molecular formula is C18H21N5. The fourth-order valence-corrected chi connectivity index (χ4v) is 3.29. The zero-order valence-corrected chi connectivity index (χ0v) is 13.2. The highest BCUT2D eigenvalue weighted by Gasteiger charge is 2.16. The van der Waals surface area contributed by atoms with Crippen molar-refractivity contribution < 1.29 is 0 Å². The van der Waals surface area contributed by atoms with Crippen LogP contribution in [0.25, 0.3) is 22.7 Å². The summed E-state index contributed by atoms with van der Waals surface area (Å²) >= 11 is 0. The van der Waals surface area contributed by atoms with Crippen molar-refractivity contribution in [2.45, 2.75) is 25.8 Å². The minimum Gasteiger partial charge on any atom is -0.306 e. The zero-order valence-electron chi connectivity index (χ0n) is 13.2. The van der Waals surface area contributed by atoms with Gasteiger partial charge in [-0.15, -0.1) is 0 Å². The van der Waals surface area contributed by atoms with Crippen molar-refractivity contribution in [3.8, 4) is 11.5 Å². The van der Waals surface area contributed by atoms with Crippen molar-refractivity contribution in [3.63, 3.8) is 0 Å². The first-order valence-corrected chi connectivity index (χ1v) is 8.37. The molecule has 1 fully saturated rings. The molecule has 0 saturated carbocycles. The molecule has 0 N–H and O–H groups in total. The largest absolute Gasteiger partial charge is 0.306 e. The Hall–Kier alpha value is -2.27. The molecule has 0 aliphatic carbocycles. The maximum atomic E-state index is 4.77. The van der Waals surface area contributed by atoms with Crippen molar-refractivity contribution >= 4 is 11.2 Å². The maximum Gasteiger partial charge on any atom is 0.161 e. The van der Waals surface area contributed by atoms with Crippen LogP contribution in [0, 0.1) is 0 Å². The summed E-state index contributed by atoms with van der Waals surface area (Å²) in [6.45, 7) is 4.36. The molecule has 0 radical (unpaired) electrons. The minimum atomic E-state index is 0.902. The Bertz CT molecular complexity index is 774. The van der Waals surface area contributed by atoms with Crippen molar-refractivity contribution in [2.24, 2.45) is 0 Å². The average molecular weight is 307 g/mol. The topological polar surface area (TPSA) is 46.8 Å². The highest BCUT2D eigenvalue weighted by Crippen LogP contribution is 2.22. The number of hydrogen-bond donors (Lipinski definition) is 0. The molecule has 23 heavy (non-hydrogen) atoms. The third-order valence-corrected chi connectivity index (χ3v) is 4.49. The Balaban J connectivity index is 1.68. The SMILES string of the molecule is c1ccc(-c2nc3cccnc3n2CCN2CCCCC2)nc1. The molecule has 4 rings (SSSR count). The summed E-state index contributed by atoms with van der Waals surface area (Å²) in [7, 11) is 0. The number of rotatable bonds is 4. The lowest BCUT2D eigenvalue weighted by Gasteiger charge is -2.26. The van der Waals surface area contributed by atoms with E-state index in [0.29, 0.717) is 0 Å². The zero-order chi connectivity index (χ0) is 15.5. The van der Waals surface area contributed by atoms with Gasteiger partial charge in [-0.2, -0.15) is 0 Å². The van der Waals surface area contributed by atoms with Gasteiger partial charge in [-0.3, -0.25) is 4.98 Å². The Morgan fingerprint density at radius 2 is 1.74 bits per heavy atom. The summed E-state index contributed by atoms with van der Waals surface area (Å²) in [5.41, 5.74) is 2.79. The summed E-state index contributed by atoms with van der Waals surface area (Å²) in [4.78, 5) is 16.3. The molecule has 1 saturated heterocycles. The van der Waals surface area contributed by atoms with Gasteiger partial charge in [-0.05, 0) is 50.2 Å². The second kappa shape index (κ2) is 6.46. The lowest BCUT2D eigenvalue weighted by atomic mass is 10.1. The Morgan fingerprint density at radius 1 is 0.870 bits per heavy atom. The average Bonchev–Trinajstić information content (AvgIpc) is 3.00. The van der Waals surface area contributed by atoms with Gasteiger partial charge in [0.2, 0.25) is 0 Å². The van der Waals surface area contributed by atoms with Crippen LogP contribution >= 0.6 is 0 Å². The van der Waals surface area contributed by atoms with Crippen LogP contribution in [0.1, 0.15) is 19.3 Å². The molecule has 5 nitrogen and oxygen atoms in total. The summed E-state index contributed by atoms with van der Waals surface area (Å²) in [5.74, 6) is 0.913. The number of likely N-dealkylation sites (tertiary alicyclic amines) is 1. The number of pyridine rings is 2. The number of imidazole rings is 1. The normalized spacial score (nSPS) is 16.0. The molecule has 3 aromatic heterocycles. The van der Waals surface area contributed by atoms with Crippen LogP contribution in [-0.2, 0) is 6.54 Å². The van der Waals surface area contributed by atoms with Gasteiger partial charge < -0.3 is 9.47 Å². The second-order valence-electron chi connectivity index (χ2n) is 6.05. The van der Waals surface area contributed by atoms with Gasteiger partial charge >= 0.3 is 0 Å². The van der Waals surface area contributed by atoms with E-state index in [2.05, 4.69) is 19.4 Å². The Morgan fingerprint density at radius 3 is 2.57 bits per heavy atom. The molecule has 3 aromatic rings. The van der Waals surface area contributed by atoms with Crippen LogP contribution in [0.3, 0.4) is 0 Å². The van der Waals surface area contributed by atoms with Crippen LogP contribution in [0.4, 0.5) is 0 Å². The summed E-state index contributed by atoms with van der Waals surface area (Å²) in [5, 5.41) is 0. The van der Waals surface area contributed by atoms with E-state index >= 15 is 0 Å². The summed E-state index contributed by atoms with van der Waals surface area (Å²) in [6, 6.07) is 9.91. The van der Waals surface area contributed by atoms with Crippen LogP contribution < -0.4 is 0 Å². The van der Waals surface area contributed by atoms with Gasteiger partial charge in [0, 0.05) is 25.5 Å². The van der Waals surface area contributed by atoms with Gasteiger partial charge in [-0.1, -0.05) is 12.5 Å². The fraction of sp³-hybridized carbons (Fsp3) is 0.389. The van der Waals surface area contributed by atoms with Crippen LogP contribution in [0.5, 0.6) is 0 Å². The third kappa shape index (κ3) is 2.97. The van der Waals surface area contributed by atoms with E-state index in [1.165, 1.54) is 32.4 Å². The Kier molecular flexibility index (Phi) is 4.03. The lowest BCUT2D eigenvalue weighted by Crippen LogP contribution is -2.32. The van der Waals surface area contributed by atoms with E-state index in [1.54, 1.807) is 0 Å². The van der Waals surface area contributed by atoms with Crippen molar-refractivity contribution in [1.29, 1.82) is 0 Å². The van der Waals surface area contributed by atoms with Crippen molar-refractivity contribution in [1.82, 2.24) is 24.4 Å². The number of aromatic nitrogens is 4. The lowest BCUT2D eigenvalue weighted by molar-refractivity contribution is 0.222. The standard InChI is InChI=1S/C18H21N5/c1-4-11-22(12-5-1)13-14-23-17-16(8-6-10-20-17)21-18(23)15-7-2-3-9-19-15/h2-3,6-10H,1,4-5,11-14H2. The highest BCUT2D eigenvalue weighted by molar-refractivity contribution is 5.76. The monoisotopic (exact) mass is 307 g/mol. The molecule has 0 amide bonds. The summed E-state index contributed by atoms with van der Waals surface area (Å²) < 4.78 is 2.21. The smallest absolute Gasteiger partial charge is 0.161 e. The maximum absolute atomic E-state index is 4.77. The predicted octanol–water partition coefficient (Wildman–Crippen LogP) is 2.98. The van der Waals surface area contributed by atoms with E-state index in [1.807, 2.05) is 42.7 Å². The second-order valence-corrected chi connectivity index (χ2v) is 6.05. The highest BCUT2D eigenvalue weighted by atomic mass is 15.2. The number of hydrogen-bond acceptors (Lipinski definition) is 4. The molecule has 0 atom stereocenters.